The molecular formula is C22H21N3O4. The van der Waals surface area contributed by atoms with Crippen LogP contribution in [0.25, 0.3) is 33.5 Å². The number of amides is 1. The molecule has 4 rings (SSSR count). The number of fused-ring (bicyclic) bond motifs is 2. The maximum absolute atomic E-state index is 13.1. The number of hydrogen-bond acceptors (Lipinski definition) is 5. The van der Waals surface area contributed by atoms with Crippen LogP contribution in [-0.4, -0.2) is 20.7 Å². The van der Waals surface area contributed by atoms with Crippen molar-refractivity contribution in [1.29, 1.82) is 0 Å². The predicted molar refractivity (Wildman–Crippen MR) is 110 cm³/mol. The monoisotopic (exact) mass is 391 g/mol. The van der Waals surface area contributed by atoms with Gasteiger partial charge in [-0.25, -0.2) is 10.5 Å². The number of unbranched alkanes of at least 4 members (excludes halogenated alkanes) is 2. The third kappa shape index (κ3) is 3.90. The topological polar surface area (TPSA) is 97.4 Å². The van der Waals surface area contributed by atoms with Crippen LogP contribution in [0.3, 0.4) is 0 Å². The minimum atomic E-state index is -0.378. The normalized spacial score (nSPS) is 11.2. The number of aromatic nitrogens is 2. The average molecular weight is 391 g/mol. The first-order chi connectivity index (χ1) is 14.2. The van der Waals surface area contributed by atoms with Crippen LogP contribution < -0.4 is 10.9 Å². The van der Waals surface area contributed by atoms with Gasteiger partial charge in [0.15, 0.2) is 5.58 Å². The van der Waals surface area contributed by atoms with E-state index in [1.165, 1.54) is 0 Å². The highest BCUT2D eigenvalue weighted by molar-refractivity contribution is 5.84. The second-order valence-electron chi connectivity index (χ2n) is 6.91. The van der Waals surface area contributed by atoms with Gasteiger partial charge in [-0.3, -0.25) is 14.8 Å². The SMILES string of the molecule is O=C(CCCCCn1cc(-c2nc3ccccc3o2)c(=O)c2ccccc21)NO. The first-order valence-electron chi connectivity index (χ1n) is 9.58. The van der Waals surface area contributed by atoms with E-state index < -0.39 is 0 Å². The third-order valence-electron chi connectivity index (χ3n) is 4.94. The maximum Gasteiger partial charge on any atom is 0.243 e. The van der Waals surface area contributed by atoms with Crippen LogP contribution in [0.5, 0.6) is 0 Å². The van der Waals surface area contributed by atoms with Crippen molar-refractivity contribution in [2.75, 3.05) is 0 Å². The molecule has 2 aromatic heterocycles. The lowest BCUT2D eigenvalue weighted by atomic mass is 10.1. The number of aryl methyl sites for hydroxylation is 1. The molecule has 148 valence electrons. The summed E-state index contributed by atoms with van der Waals surface area (Å²) in [5.74, 6) is -0.0626. The second kappa shape index (κ2) is 8.28. The first-order valence-corrected chi connectivity index (χ1v) is 9.58. The molecule has 2 heterocycles. The molecule has 0 radical (unpaired) electrons. The molecule has 0 spiro atoms. The minimum absolute atomic E-state index is 0.108. The Balaban J connectivity index is 1.66. The van der Waals surface area contributed by atoms with Gasteiger partial charge in [-0.1, -0.05) is 30.7 Å². The fraction of sp³-hybridized carbons (Fsp3) is 0.227. The van der Waals surface area contributed by atoms with E-state index in [0.717, 1.165) is 18.4 Å². The summed E-state index contributed by atoms with van der Waals surface area (Å²) in [7, 11) is 0. The highest BCUT2D eigenvalue weighted by Crippen LogP contribution is 2.24. The Hall–Kier alpha value is -3.45. The number of hydrogen-bond donors (Lipinski definition) is 2. The van der Waals surface area contributed by atoms with Gasteiger partial charge >= 0.3 is 0 Å². The molecule has 0 bridgehead atoms. The Kier molecular flexibility index (Phi) is 5.39. The molecule has 7 heteroatoms. The van der Waals surface area contributed by atoms with Gasteiger partial charge < -0.3 is 8.98 Å². The van der Waals surface area contributed by atoms with Crippen LogP contribution in [0.15, 0.2) is 63.9 Å². The lowest BCUT2D eigenvalue weighted by Crippen LogP contribution is -2.17. The second-order valence-corrected chi connectivity index (χ2v) is 6.91. The molecule has 2 aromatic carbocycles. The van der Waals surface area contributed by atoms with E-state index in [0.29, 0.717) is 40.9 Å². The molecule has 0 saturated carbocycles. The largest absolute Gasteiger partial charge is 0.436 e. The van der Waals surface area contributed by atoms with E-state index in [9.17, 15) is 9.59 Å². The van der Waals surface area contributed by atoms with Gasteiger partial charge in [0, 0.05) is 24.5 Å². The molecule has 0 saturated heterocycles. The zero-order chi connectivity index (χ0) is 20.2. The van der Waals surface area contributed by atoms with Gasteiger partial charge in [0.1, 0.15) is 11.1 Å². The Labute approximate surface area is 166 Å². The Morgan fingerprint density at radius 3 is 2.69 bits per heavy atom. The molecule has 2 N–H and O–H groups in total. The van der Waals surface area contributed by atoms with E-state index in [4.69, 9.17) is 9.62 Å². The Bertz CT molecular complexity index is 1190. The third-order valence-corrected chi connectivity index (χ3v) is 4.94. The Morgan fingerprint density at radius 2 is 1.86 bits per heavy atom. The van der Waals surface area contributed by atoms with Crippen molar-refractivity contribution < 1.29 is 14.4 Å². The van der Waals surface area contributed by atoms with Gasteiger partial charge in [0.05, 0.1) is 5.52 Å². The minimum Gasteiger partial charge on any atom is -0.436 e. The van der Waals surface area contributed by atoms with Crippen molar-refractivity contribution in [3.63, 3.8) is 0 Å². The average Bonchev–Trinajstić information content (AvgIpc) is 3.18. The molecule has 0 fully saturated rings. The number of benzene rings is 2. The number of rotatable bonds is 7. The number of para-hydroxylation sites is 3. The zero-order valence-corrected chi connectivity index (χ0v) is 15.8. The van der Waals surface area contributed by atoms with Crippen molar-refractivity contribution >= 4 is 27.9 Å². The fourth-order valence-electron chi connectivity index (χ4n) is 3.47. The van der Waals surface area contributed by atoms with Crippen molar-refractivity contribution in [2.45, 2.75) is 32.2 Å². The van der Waals surface area contributed by atoms with Crippen LogP contribution in [0.1, 0.15) is 25.7 Å². The summed E-state index contributed by atoms with van der Waals surface area (Å²) >= 11 is 0. The van der Waals surface area contributed by atoms with E-state index in [1.54, 1.807) is 11.7 Å². The summed E-state index contributed by atoms with van der Waals surface area (Å²) in [6, 6.07) is 14.9. The predicted octanol–water partition coefficient (Wildman–Crippen LogP) is 3.88. The summed E-state index contributed by atoms with van der Waals surface area (Å²) in [4.78, 5) is 28.7. The van der Waals surface area contributed by atoms with Crippen molar-refractivity contribution in [3.8, 4) is 11.5 Å². The van der Waals surface area contributed by atoms with E-state index in [1.807, 2.05) is 53.1 Å². The first kappa shape index (κ1) is 18.9. The highest BCUT2D eigenvalue weighted by atomic mass is 16.5. The molecule has 0 aliphatic heterocycles. The summed E-state index contributed by atoms with van der Waals surface area (Å²) in [6.07, 6.45) is 4.43. The summed E-state index contributed by atoms with van der Waals surface area (Å²) < 4.78 is 7.86. The summed E-state index contributed by atoms with van der Waals surface area (Å²) in [5, 5.41) is 9.17. The van der Waals surface area contributed by atoms with Crippen LogP contribution in [0.2, 0.25) is 0 Å². The van der Waals surface area contributed by atoms with Crippen LogP contribution in [0, 0.1) is 0 Å². The quantitative estimate of drug-likeness (QED) is 0.283. The molecule has 1 amide bonds. The van der Waals surface area contributed by atoms with Crippen LogP contribution in [-0.2, 0) is 11.3 Å². The number of oxazole rings is 1. The molecule has 0 atom stereocenters. The van der Waals surface area contributed by atoms with Crippen LogP contribution >= 0.6 is 0 Å². The van der Waals surface area contributed by atoms with Gasteiger partial charge in [-0.15, -0.1) is 0 Å². The molecule has 29 heavy (non-hydrogen) atoms. The molecule has 0 aliphatic rings. The lowest BCUT2D eigenvalue weighted by molar-refractivity contribution is -0.129. The van der Waals surface area contributed by atoms with Gasteiger partial charge in [-0.2, -0.15) is 0 Å². The number of nitrogens with one attached hydrogen (secondary N) is 1. The molecule has 0 unspecified atom stereocenters. The zero-order valence-electron chi connectivity index (χ0n) is 15.8. The van der Waals surface area contributed by atoms with E-state index >= 15 is 0 Å². The standard InChI is InChI=1S/C22H21N3O4/c26-20(24-28)12-2-1-7-13-25-14-16(21(27)15-8-3-5-10-18(15)25)22-23-17-9-4-6-11-19(17)29-22/h3-6,8-11,14,28H,1-2,7,12-13H2,(H,24,26). The molecule has 7 nitrogen and oxygen atoms in total. The number of pyridine rings is 1. The smallest absolute Gasteiger partial charge is 0.243 e. The summed E-state index contributed by atoms with van der Waals surface area (Å²) in [5.41, 5.74) is 4.17. The van der Waals surface area contributed by atoms with Crippen molar-refractivity contribution in [1.82, 2.24) is 15.0 Å². The van der Waals surface area contributed by atoms with Gasteiger partial charge in [0.2, 0.25) is 17.2 Å². The number of carbonyl (C=O) groups excluding carboxylic acids is 1. The van der Waals surface area contributed by atoms with Crippen molar-refractivity contribution in [3.05, 3.63) is 65.0 Å². The van der Waals surface area contributed by atoms with Crippen LogP contribution in [0.4, 0.5) is 0 Å². The van der Waals surface area contributed by atoms with Crippen molar-refractivity contribution in [2.24, 2.45) is 0 Å². The highest BCUT2D eigenvalue weighted by Gasteiger charge is 2.15. The fourth-order valence-corrected chi connectivity index (χ4v) is 3.47. The summed E-state index contributed by atoms with van der Waals surface area (Å²) in [6.45, 7) is 0.689. The van der Waals surface area contributed by atoms with Gasteiger partial charge in [-0.05, 0) is 37.1 Å². The molecule has 0 aliphatic carbocycles. The lowest BCUT2D eigenvalue weighted by Gasteiger charge is -2.12. The van der Waals surface area contributed by atoms with Gasteiger partial charge in [0.25, 0.3) is 0 Å². The molecule has 4 aromatic rings. The van der Waals surface area contributed by atoms with E-state index in [-0.39, 0.29) is 17.8 Å². The molecular weight excluding hydrogens is 370 g/mol. The number of nitrogens with zero attached hydrogens (tertiary/aromatic N) is 2. The Morgan fingerprint density at radius 1 is 1.07 bits per heavy atom. The number of hydroxylamine groups is 1. The van der Waals surface area contributed by atoms with E-state index in [2.05, 4.69) is 4.98 Å². The number of carbonyl (C=O) groups is 1. The maximum atomic E-state index is 13.1.